The third-order valence-electron chi connectivity index (χ3n) is 5.77. The molecule has 1 aliphatic carbocycles. The minimum Gasteiger partial charge on any atom is -0.352 e. The molecule has 28 heavy (non-hydrogen) atoms. The van der Waals surface area contributed by atoms with Gasteiger partial charge in [-0.1, -0.05) is 44.2 Å². The van der Waals surface area contributed by atoms with E-state index in [4.69, 9.17) is 0 Å². The summed E-state index contributed by atoms with van der Waals surface area (Å²) in [4.78, 5) is 29.3. The average molecular weight is 387 g/mol. The van der Waals surface area contributed by atoms with Gasteiger partial charge in [-0.15, -0.1) is 0 Å². The first-order chi connectivity index (χ1) is 13.4. The lowest BCUT2D eigenvalue weighted by Crippen LogP contribution is -2.55. The lowest BCUT2D eigenvalue weighted by molar-refractivity contribution is -0.128. The van der Waals surface area contributed by atoms with E-state index in [2.05, 4.69) is 46.4 Å². The molecule has 0 aromatic heterocycles. The molecule has 1 aliphatic heterocycles. The van der Waals surface area contributed by atoms with E-state index in [0.29, 0.717) is 18.5 Å². The van der Waals surface area contributed by atoms with Crippen LogP contribution in [0.4, 0.5) is 0 Å². The van der Waals surface area contributed by atoms with Crippen molar-refractivity contribution in [3.63, 3.8) is 0 Å². The molecular formula is C22H34N4O2. The van der Waals surface area contributed by atoms with Gasteiger partial charge in [0, 0.05) is 32.2 Å². The van der Waals surface area contributed by atoms with Crippen LogP contribution in [-0.4, -0.2) is 66.4 Å². The highest BCUT2D eigenvalue weighted by atomic mass is 16.2. The summed E-state index contributed by atoms with van der Waals surface area (Å²) < 4.78 is 0. The van der Waals surface area contributed by atoms with E-state index in [1.165, 1.54) is 0 Å². The molecule has 2 atom stereocenters. The Kier molecular flexibility index (Phi) is 7.08. The number of carbonyl (C=O) groups is 2. The van der Waals surface area contributed by atoms with Crippen LogP contribution in [0.1, 0.15) is 45.2 Å². The smallest absolute Gasteiger partial charge is 0.237 e. The van der Waals surface area contributed by atoms with Crippen molar-refractivity contribution in [2.24, 2.45) is 5.92 Å². The number of rotatable bonds is 8. The number of carbonyl (C=O) groups excluding carboxylic acids is 2. The first kappa shape index (κ1) is 20.8. The standard InChI is InChI=1S/C22H34N4O2/c1-16(2)21(18-7-5-4-6-8-18)24-20(27)15-25-11-13-26(14-12-25)17(3)22(28)23-19-9-10-19/h4-8,16-17,19,21H,9-15H2,1-3H3,(H,23,28)(H,24,27). The predicted octanol–water partition coefficient (Wildman–Crippen LogP) is 1.78. The number of hydrogen-bond donors (Lipinski definition) is 2. The van der Waals surface area contributed by atoms with Gasteiger partial charge in [0.15, 0.2) is 0 Å². The second-order valence-corrected chi connectivity index (χ2v) is 8.47. The summed E-state index contributed by atoms with van der Waals surface area (Å²) in [5, 5.41) is 6.29. The summed E-state index contributed by atoms with van der Waals surface area (Å²) in [6, 6.07) is 10.5. The van der Waals surface area contributed by atoms with Crippen molar-refractivity contribution < 1.29 is 9.59 Å². The van der Waals surface area contributed by atoms with E-state index >= 15 is 0 Å². The molecule has 1 aromatic carbocycles. The topological polar surface area (TPSA) is 64.7 Å². The highest BCUT2D eigenvalue weighted by molar-refractivity contribution is 5.82. The second kappa shape index (κ2) is 9.52. The molecule has 0 spiro atoms. The molecule has 6 nitrogen and oxygen atoms in total. The summed E-state index contributed by atoms with van der Waals surface area (Å²) in [6.07, 6.45) is 2.23. The molecule has 2 amide bonds. The molecule has 1 saturated heterocycles. The zero-order valence-corrected chi connectivity index (χ0v) is 17.4. The van der Waals surface area contributed by atoms with Crippen LogP contribution >= 0.6 is 0 Å². The fourth-order valence-electron chi connectivity index (χ4n) is 3.74. The van der Waals surface area contributed by atoms with Crippen LogP contribution in [0.3, 0.4) is 0 Å². The van der Waals surface area contributed by atoms with Crippen LogP contribution < -0.4 is 10.6 Å². The third kappa shape index (κ3) is 5.79. The molecule has 0 radical (unpaired) electrons. The third-order valence-corrected chi connectivity index (χ3v) is 5.77. The number of benzene rings is 1. The maximum Gasteiger partial charge on any atom is 0.237 e. The van der Waals surface area contributed by atoms with Crippen molar-refractivity contribution in [1.82, 2.24) is 20.4 Å². The first-order valence-corrected chi connectivity index (χ1v) is 10.5. The highest BCUT2D eigenvalue weighted by Gasteiger charge is 2.30. The molecule has 1 saturated carbocycles. The maximum absolute atomic E-state index is 12.6. The summed E-state index contributed by atoms with van der Waals surface area (Å²) in [7, 11) is 0. The first-order valence-electron chi connectivity index (χ1n) is 10.5. The minimum atomic E-state index is -0.0972. The van der Waals surface area contributed by atoms with Gasteiger partial charge in [0.05, 0.1) is 18.6 Å². The van der Waals surface area contributed by atoms with Gasteiger partial charge < -0.3 is 10.6 Å². The monoisotopic (exact) mass is 386 g/mol. The quantitative estimate of drug-likeness (QED) is 0.715. The zero-order valence-electron chi connectivity index (χ0n) is 17.4. The Hall–Kier alpha value is -1.92. The molecule has 2 fully saturated rings. The van der Waals surface area contributed by atoms with Gasteiger partial charge in [-0.3, -0.25) is 19.4 Å². The second-order valence-electron chi connectivity index (χ2n) is 8.47. The number of nitrogens with zero attached hydrogens (tertiary/aromatic N) is 2. The van der Waals surface area contributed by atoms with E-state index in [-0.39, 0.29) is 23.9 Å². The Morgan fingerprint density at radius 3 is 2.25 bits per heavy atom. The Morgan fingerprint density at radius 2 is 1.68 bits per heavy atom. The van der Waals surface area contributed by atoms with Gasteiger partial charge in [0.1, 0.15) is 0 Å². The molecule has 1 heterocycles. The Balaban J connectivity index is 1.44. The van der Waals surface area contributed by atoms with Crippen LogP contribution in [0.2, 0.25) is 0 Å². The van der Waals surface area contributed by atoms with Crippen LogP contribution in [0.15, 0.2) is 30.3 Å². The van der Waals surface area contributed by atoms with Crippen molar-refractivity contribution in [3.8, 4) is 0 Å². The average Bonchev–Trinajstić information content (AvgIpc) is 3.50. The van der Waals surface area contributed by atoms with Gasteiger partial charge in [-0.05, 0) is 31.2 Å². The van der Waals surface area contributed by atoms with Gasteiger partial charge in [-0.2, -0.15) is 0 Å². The molecule has 154 valence electrons. The number of amides is 2. The van der Waals surface area contributed by atoms with Gasteiger partial charge in [0.2, 0.25) is 11.8 Å². The molecule has 0 bridgehead atoms. The van der Waals surface area contributed by atoms with Gasteiger partial charge in [-0.25, -0.2) is 0 Å². The van der Waals surface area contributed by atoms with Gasteiger partial charge >= 0.3 is 0 Å². The number of piperazine rings is 1. The van der Waals surface area contributed by atoms with Crippen molar-refractivity contribution in [1.29, 1.82) is 0 Å². The molecule has 3 rings (SSSR count). The highest BCUT2D eigenvalue weighted by Crippen LogP contribution is 2.21. The molecule has 2 unspecified atom stereocenters. The summed E-state index contributed by atoms with van der Waals surface area (Å²) >= 11 is 0. The molecule has 6 heteroatoms. The van der Waals surface area contributed by atoms with E-state index < -0.39 is 0 Å². The van der Waals surface area contributed by atoms with E-state index in [0.717, 1.165) is 44.6 Å². The van der Waals surface area contributed by atoms with Crippen LogP contribution in [0, 0.1) is 5.92 Å². The van der Waals surface area contributed by atoms with Gasteiger partial charge in [0.25, 0.3) is 0 Å². The SMILES string of the molecule is CC(C)C(NC(=O)CN1CCN(C(C)C(=O)NC2CC2)CC1)c1ccccc1. The van der Waals surface area contributed by atoms with Crippen molar-refractivity contribution in [2.75, 3.05) is 32.7 Å². The van der Waals surface area contributed by atoms with Crippen molar-refractivity contribution in [3.05, 3.63) is 35.9 Å². The Bertz CT molecular complexity index is 652. The van der Waals surface area contributed by atoms with Crippen LogP contribution in [0.5, 0.6) is 0 Å². The number of nitrogens with one attached hydrogen (secondary N) is 2. The predicted molar refractivity (Wildman–Crippen MR) is 111 cm³/mol. The molecule has 1 aromatic rings. The largest absolute Gasteiger partial charge is 0.352 e. The summed E-state index contributed by atoms with van der Waals surface area (Å²) in [5.41, 5.74) is 1.14. The minimum absolute atomic E-state index is 0.0288. The van der Waals surface area contributed by atoms with E-state index in [1.807, 2.05) is 25.1 Å². The summed E-state index contributed by atoms with van der Waals surface area (Å²) in [5.74, 6) is 0.529. The van der Waals surface area contributed by atoms with Crippen molar-refractivity contribution in [2.45, 2.75) is 51.7 Å². The maximum atomic E-state index is 12.6. The van der Waals surface area contributed by atoms with E-state index in [9.17, 15) is 9.59 Å². The van der Waals surface area contributed by atoms with E-state index in [1.54, 1.807) is 0 Å². The molecule has 2 N–H and O–H groups in total. The lowest BCUT2D eigenvalue weighted by Gasteiger charge is -2.37. The Labute approximate surface area is 168 Å². The number of hydrogen-bond acceptors (Lipinski definition) is 4. The fraction of sp³-hybridized carbons (Fsp3) is 0.636. The Morgan fingerprint density at radius 1 is 1.04 bits per heavy atom. The normalized spacial score (nSPS) is 20.6. The summed E-state index contributed by atoms with van der Waals surface area (Å²) in [6.45, 7) is 9.91. The fourth-order valence-corrected chi connectivity index (χ4v) is 3.74. The van der Waals surface area contributed by atoms with Crippen molar-refractivity contribution >= 4 is 11.8 Å². The van der Waals surface area contributed by atoms with Crippen LogP contribution in [0.25, 0.3) is 0 Å². The lowest BCUT2D eigenvalue weighted by atomic mass is 9.96. The zero-order chi connectivity index (χ0) is 20.1. The van der Waals surface area contributed by atoms with Crippen LogP contribution in [-0.2, 0) is 9.59 Å². The molecular weight excluding hydrogens is 352 g/mol. The molecule has 2 aliphatic rings.